The van der Waals surface area contributed by atoms with E-state index in [1.807, 2.05) is 23.6 Å². The summed E-state index contributed by atoms with van der Waals surface area (Å²) in [5.74, 6) is -0.545. The fourth-order valence-corrected chi connectivity index (χ4v) is 2.96. The Hall–Kier alpha value is -2.61. The zero-order chi connectivity index (χ0) is 17.9. The maximum atomic E-state index is 12.7. The molecule has 0 aliphatic rings. The van der Waals surface area contributed by atoms with Gasteiger partial charge in [0.05, 0.1) is 17.0 Å². The number of nitrogens with zero attached hydrogens (tertiary/aromatic N) is 2. The van der Waals surface area contributed by atoms with Gasteiger partial charge in [0.1, 0.15) is 5.69 Å². The van der Waals surface area contributed by atoms with Gasteiger partial charge in [0.25, 0.3) is 5.91 Å². The molecule has 1 N–H and O–H groups in total. The summed E-state index contributed by atoms with van der Waals surface area (Å²) < 4.78 is 39.7. The Balaban J connectivity index is 1.56. The molecule has 3 aromatic rings. The zero-order valence-electron chi connectivity index (χ0n) is 13.0. The molecule has 0 saturated carbocycles. The van der Waals surface area contributed by atoms with Crippen molar-refractivity contribution in [2.24, 2.45) is 0 Å². The molecule has 0 unspecified atom stereocenters. The van der Waals surface area contributed by atoms with Gasteiger partial charge in [0, 0.05) is 18.3 Å². The van der Waals surface area contributed by atoms with E-state index in [1.54, 1.807) is 22.2 Å². The number of rotatable bonds is 5. The number of alkyl halides is 3. The van der Waals surface area contributed by atoms with Crippen molar-refractivity contribution in [3.8, 4) is 10.6 Å². The second-order valence-electron chi connectivity index (χ2n) is 5.28. The SMILES string of the molecule is O=C(NCCn1ccc(-c2cccs2)n1)c1cccc(C(F)(F)F)c1. The third-order valence-electron chi connectivity index (χ3n) is 3.49. The third-order valence-corrected chi connectivity index (χ3v) is 4.39. The van der Waals surface area contributed by atoms with Gasteiger partial charge in [-0.1, -0.05) is 12.1 Å². The fraction of sp³-hybridized carbons (Fsp3) is 0.176. The van der Waals surface area contributed by atoms with Gasteiger partial charge in [-0.2, -0.15) is 18.3 Å². The predicted octanol–water partition coefficient (Wildman–Crippen LogP) is 4.06. The van der Waals surface area contributed by atoms with E-state index in [2.05, 4.69) is 10.4 Å². The number of benzene rings is 1. The highest BCUT2D eigenvalue weighted by Gasteiger charge is 2.30. The summed E-state index contributed by atoms with van der Waals surface area (Å²) in [6.07, 6.45) is -2.67. The zero-order valence-corrected chi connectivity index (χ0v) is 13.8. The van der Waals surface area contributed by atoms with E-state index in [0.29, 0.717) is 6.54 Å². The lowest BCUT2D eigenvalue weighted by Crippen LogP contribution is -2.27. The third kappa shape index (κ3) is 4.27. The average Bonchev–Trinajstić information content (AvgIpc) is 3.25. The van der Waals surface area contributed by atoms with Gasteiger partial charge in [0.2, 0.25) is 0 Å². The van der Waals surface area contributed by atoms with Gasteiger partial charge in [-0.25, -0.2) is 0 Å². The Morgan fingerprint density at radius 3 is 2.76 bits per heavy atom. The van der Waals surface area contributed by atoms with Crippen molar-refractivity contribution >= 4 is 17.2 Å². The Bertz CT molecular complexity index is 856. The summed E-state index contributed by atoms with van der Waals surface area (Å²) in [6, 6.07) is 10.1. The van der Waals surface area contributed by atoms with Crippen LogP contribution in [0.3, 0.4) is 0 Å². The van der Waals surface area contributed by atoms with Crippen LogP contribution in [0.15, 0.2) is 54.0 Å². The van der Waals surface area contributed by atoms with Crippen LogP contribution in [0.5, 0.6) is 0 Å². The molecule has 0 radical (unpaired) electrons. The number of aromatic nitrogens is 2. The van der Waals surface area contributed by atoms with Gasteiger partial charge in [-0.15, -0.1) is 11.3 Å². The highest BCUT2D eigenvalue weighted by Crippen LogP contribution is 2.29. The molecular formula is C17H14F3N3OS. The van der Waals surface area contributed by atoms with Crippen molar-refractivity contribution in [1.82, 2.24) is 15.1 Å². The second kappa shape index (κ2) is 7.10. The van der Waals surface area contributed by atoms with Gasteiger partial charge >= 0.3 is 6.18 Å². The van der Waals surface area contributed by atoms with Crippen molar-refractivity contribution in [2.75, 3.05) is 6.54 Å². The number of carbonyl (C=O) groups excluding carboxylic acids is 1. The molecule has 0 saturated heterocycles. The molecule has 25 heavy (non-hydrogen) atoms. The second-order valence-corrected chi connectivity index (χ2v) is 6.22. The number of thiophene rings is 1. The lowest BCUT2D eigenvalue weighted by molar-refractivity contribution is -0.137. The van der Waals surface area contributed by atoms with E-state index >= 15 is 0 Å². The maximum Gasteiger partial charge on any atom is 0.416 e. The molecule has 0 spiro atoms. The quantitative estimate of drug-likeness (QED) is 0.741. The van der Waals surface area contributed by atoms with Crippen LogP contribution in [-0.2, 0) is 12.7 Å². The van der Waals surface area contributed by atoms with Crippen LogP contribution in [0.2, 0.25) is 0 Å². The van der Waals surface area contributed by atoms with E-state index in [9.17, 15) is 18.0 Å². The highest BCUT2D eigenvalue weighted by atomic mass is 32.1. The monoisotopic (exact) mass is 365 g/mol. The molecule has 4 nitrogen and oxygen atoms in total. The molecule has 1 amide bonds. The van der Waals surface area contributed by atoms with Gasteiger partial charge < -0.3 is 5.32 Å². The van der Waals surface area contributed by atoms with E-state index in [0.717, 1.165) is 22.7 Å². The number of amides is 1. The van der Waals surface area contributed by atoms with Crippen LogP contribution in [0.4, 0.5) is 13.2 Å². The summed E-state index contributed by atoms with van der Waals surface area (Å²) in [5.41, 5.74) is -0.0124. The Kier molecular flexibility index (Phi) is 4.89. The van der Waals surface area contributed by atoms with E-state index < -0.39 is 17.6 Å². The average molecular weight is 365 g/mol. The Labute approximate surface area is 145 Å². The molecule has 0 bridgehead atoms. The van der Waals surface area contributed by atoms with E-state index in [-0.39, 0.29) is 12.1 Å². The highest BCUT2D eigenvalue weighted by molar-refractivity contribution is 7.13. The number of halogens is 3. The summed E-state index contributed by atoms with van der Waals surface area (Å²) in [4.78, 5) is 13.0. The normalized spacial score (nSPS) is 11.5. The molecule has 8 heteroatoms. The van der Waals surface area contributed by atoms with Crippen molar-refractivity contribution in [1.29, 1.82) is 0 Å². The number of nitrogens with one attached hydrogen (secondary N) is 1. The van der Waals surface area contributed by atoms with Crippen molar-refractivity contribution < 1.29 is 18.0 Å². The number of hydrogen-bond donors (Lipinski definition) is 1. The summed E-state index contributed by atoms with van der Waals surface area (Å²) >= 11 is 1.58. The minimum absolute atomic E-state index is 0.0189. The van der Waals surface area contributed by atoms with Crippen LogP contribution in [0.1, 0.15) is 15.9 Å². The smallest absolute Gasteiger partial charge is 0.350 e. The van der Waals surface area contributed by atoms with Crippen LogP contribution in [-0.4, -0.2) is 22.2 Å². The summed E-state index contributed by atoms with van der Waals surface area (Å²) in [5, 5.41) is 8.96. The standard InChI is InChI=1S/C17H14F3N3OS/c18-17(19,20)13-4-1-3-12(11-13)16(24)21-7-9-23-8-6-14(22-23)15-5-2-10-25-15/h1-6,8,10-11H,7,9H2,(H,21,24). The van der Waals surface area contributed by atoms with Gasteiger partial charge in [-0.3, -0.25) is 9.48 Å². The fourth-order valence-electron chi connectivity index (χ4n) is 2.26. The van der Waals surface area contributed by atoms with E-state index in [1.165, 1.54) is 12.1 Å². The largest absolute Gasteiger partial charge is 0.416 e. The lowest BCUT2D eigenvalue weighted by Gasteiger charge is -2.09. The Morgan fingerprint density at radius 1 is 1.20 bits per heavy atom. The first-order chi connectivity index (χ1) is 11.9. The first-order valence-corrected chi connectivity index (χ1v) is 8.34. The molecule has 0 atom stereocenters. The predicted molar refractivity (Wildman–Crippen MR) is 89.3 cm³/mol. The summed E-state index contributed by atoms with van der Waals surface area (Å²) in [6.45, 7) is 0.691. The van der Waals surface area contributed by atoms with Crippen LogP contribution in [0, 0.1) is 0 Å². The molecule has 2 aromatic heterocycles. The lowest BCUT2D eigenvalue weighted by atomic mass is 10.1. The Morgan fingerprint density at radius 2 is 2.04 bits per heavy atom. The van der Waals surface area contributed by atoms with Crippen molar-refractivity contribution in [3.05, 3.63) is 65.2 Å². The minimum atomic E-state index is -4.47. The van der Waals surface area contributed by atoms with Crippen molar-refractivity contribution in [2.45, 2.75) is 12.7 Å². The first-order valence-electron chi connectivity index (χ1n) is 7.46. The molecule has 0 aliphatic heterocycles. The maximum absolute atomic E-state index is 12.7. The first kappa shape index (κ1) is 17.2. The van der Waals surface area contributed by atoms with Gasteiger partial charge in [-0.05, 0) is 35.7 Å². The van der Waals surface area contributed by atoms with Crippen molar-refractivity contribution in [3.63, 3.8) is 0 Å². The van der Waals surface area contributed by atoms with Gasteiger partial charge in [0.15, 0.2) is 0 Å². The van der Waals surface area contributed by atoms with Crippen LogP contribution >= 0.6 is 11.3 Å². The molecule has 0 aliphatic carbocycles. The molecular weight excluding hydrogens is 351 g/mol. The molecule has 0 fully saturated rings. The molecule has 130 valence electrons. The molecule has 2 heterocycles. The minimum Gasteiger partial charge on any atom is -0.350 e. The number of carbonyl (C=O) groups is 1. The number of hydrogen-bond acceptors (Lipinski definition) is 3. The molecule has 3 rings (SSSR count). The topological polar surface area (TPSA) is 46.9 Å². The van der Waals surface area contributed by atoms with Crippen LogP contribution < -0.4 is 5.32 Å². The van der Waals surface area contributed by atoms with E-state index in [4.69, 9.17) is 0 Å². The van der Waals surface area contributed by atoms with Crippen LogP contribution in [0.25, 0.3) is 10.6 Å². The molecule has 1 aromatic carbocycles. The summed E-state index contributed by atoms with van der Waals surface area (Å²) in [7, 11) is 0.